The van der Waals surface area contributed by atoms with E-state index in [9.17, 15) is 22.8 Å². The molecule has 0 aliphatic carbocycles. The fourth-order valence-electron chi connectivity index (χ4n) is 3.06. The molecule has 0 unspecified atom stereocenters. The van der Waals surface area contributed by atoms with Crippen LogP contribution in [0.4, 0.5) is 29.3 Å². The van der Waals surface area contributed by atoms with E-state index in [-0.39, 0.29) is 18.1 Å². The maximum absolute atomic E-state index is 13.0. The minimum Gasteiger partial charge on any atom is -0.352 e. The largest absolute Gasteiger partial charge is 0.416 e. The molecule has 3 amide bonds. The van der Waals surface area contributed by atoms with Gasteiger partial charge in [-0.25, -0.2) is 4.79 Å². The fraction of sp³-hybridized carbons (Fsp3) is 0.167. The van der Waals surface area contributed by atoms with Gasteiger partial charge in [-0.15, -0.1) is 0 Å². The van der Waals surface area contributed by atoms with Crippen molar-refractivity contribution in [2.45, 2.75) is 12.6 Å². The lowest BCUT2D eigenvalue weighted by molar-refractivity contribution is -0.137. The summed E-state index contributed by atoms with van der Waals surface area (Å²) in [7, 11) is 0. The molecule has 0 saturated heterocycles. The van der Waals surface area contributed by atoms with Crippen molar-refractivity contribution >= 4 is 34.9 Å². The number of urea groups is 1. The third-order valence-electron chi connectivity index (χ3n) is 4.70. The average Bonchev–Trinajstić information content (AvgIpc) is 2.79. The van der Waals surface area contributed by atoms with Crippen LogP contribution in [-0.2, 0) is 6.18 Å². The molecule has 0 fully saturated rings. The molecule has 0 atom stereocenters. The fourth-order valence-corrected chi connectivity index (χ4v) is 3.19. The second-order valence-corrected chi connectivity index (χ2v) is 7.55. The molecule has 0 radical (unpaired) electrons. The van der Waals surface area contributed by atoms with Gasteiger partial charge in [-0.3, -0.25) is 9.69 Å². The summed E-state index contributed by atoms with van der Waals surface area (Å²) in [5.74, 6) is -0.272. The lowest BCUT2D eigenvalue weighted by Gasteiger charge is -2.23. The van der Waals surface area contributed by atoms with Gasteiger partial charge in [-0.05, 0) is 61.0 Å². The van der Waals surface area contributed by atoms with E-state index < -0.39 is 17.8 Å². The number of anilines is 2. The molecule has 2 N–H and O–H groups in total. The second-order valence-electron chi connectivity index (χ2n) is 7.11. The van der Waals surface area contributed by atoms with Crippen LogP contribution < -0.4 is 15.5 Å². The predicted molar refractivity (Wildman–Crippen MR) is 123 cm³/mol. The molecule has 0 aliphatic heterocycles. The molecular weight excluding hydrogens is 455 g/mol. The van der Waals surface area contributed by atoms with Gasteiger partial charge in [-0.1, -0.05) is 35.9 Å². The third kappa shape index (κ3) is 6.98. The van der Waals surface area contributed by atoms with Gasteiger partial charge in [0.15, 0.2) is 0 Å². The van der Waals surface area contributed by atoms with Crippen LogP contribution in [0.2, 0.25) is 5.02 Å². The first kappa shape index (κ1) is 24.1. The summed E-state index contributed by atoms with van der Waals surface area (Å²) in [5.41, 5.74) is 0.218. The number of alkyl halides is 3. The average molecular weight is 476 g/mol. The van der Waals surface area contributed by atoms with E-state index in [2.05, 4.69) is 10.6 Å². The molecule has 3 aromatic carbocycles. The van der Waals surface area contributed by atoms with Crippen LogP contribution in [0.15, 0.2) is 78.9 Å². The summed E-state index contributed by atoms with van der Waals surface area (Å²) < 4.78 is 38.9. The van der Waals surface area contributed by atoms with Crippen LogP contribution >= 0.6 is 11.6 Å². The number of rotatable bonds is 7. The van der Waals surface area contributed by atoms with E-state index in [1.54, 1.807) is 54.6 Å². The van der Waals surface area contributed by atoms with E-state index in [1.807, 2.05) is 0 Å². The Morgan fingerprint density at radius 3 is 2.27 bits per heavy atom. The lowest BCUT2D eigenvalue weighted by atomic mass is 10.2. The Labute approximate surface area is 194 Å². The van der Waals surface area contributed by atoms with E-state index >= 15 is 0 Å². The molecule has 5 nitrogen and oxygen atoms in total. The molecule has 3 aromatic rings. The molecule has 3 rings (SSSR count). The topological polar surface area (TPSA) is 61.4 Å². The molecule has 9 heteroatoms. The van der Waals surface area contributed by atoms with E-state index in [1.165, 1.54) is 17.0 Å². The van der Waals surface area contributed by atoms with E-state index in [4.69, 9.17) is 11.6 Å². The molecule has 0 saturated carbocycles. The highest BCUT2D eigenvalue weighted by molar-refractivity contribution is 6.30. The van der Waals surface area contributed by atoms with Gasteiger partial charge >= 0.3 is 12.2 Å². The Morgan fingerprint density at radius 2 is 1.61 bits per heavy atom. The number of hydrogen-bond donors (Lipinski definition) is 2. The third-order valence-corrected chi connectivity index (χ3v) is 4.96. The highest BCUT2D eigenvalue weighted by atomic mass is 35.5. The molecule has 172 valence electrons. The molecule has 0 bridgehead atoms. The first-order valence-corrected chi connectivity index (χ1v) is 10.5. The summed E-state index contributed by atoms with van der Waals surface area (Å²) in [6.07, 6.45) is -4.09. The summed E-state index contributed by atoms with van der Waals surface area (Å²) in [6, 6.07) is 19.1. The van der Waals surface area contributed by atoms with Crippen molar-refractivity contribution < 1.29 is 22.8 Å². The highest BCUT2D eigenvalue weighted by Gasteiger charge is 2.30. The SMILES string of the molecule is O=C(NCCCN(C(=O)Nc1cccc(C(F)(F)F)c1)c1ccccc1)c1ccc(Cl)cc1. The zero-order valence-corrected chi connectivity index (χ0v) is 18.2. The van der Waals surface area contributed by atoms with Crippen LogP contribution in [0, 0.1) is 0 Å². The standard InChI is InChI=1S/C24H21ClF3N3O2/c25-19-12-10-17(11-13-19)22(32)29-14-5-15-31(21-8-2-1-3-9-21)23(33)30-20-7-4-6-18(16-20)24(26,27)28/h1-4,6-13,16H,5,14-15H2,(H,29,32)(H,30,33). The normalized spacial score (nSPS) is 11.0. The summed E-state index contributed by atoms with van der Waals surface area (Å²) in [4.78, 5) is 26.5. The monoisotopic (exact) mass is 475 g/mol. The Hall–Kier alpha value is -3.52. The molecule has 0 heterocycles. The van der Waals surface area contributed by atoms with Crippen molar-refractivity contribution in [2.75, 3.05) is 23.3 Å². The van der Waals surface area contributed by atoms with Gasteiger partial charge in [0.2, 0.25) is 0 Å². The molecule has 0 aliphatic rings. The smallest absolute Gasteiger partial charge is 0.352 e. The number of nitrogens with zero attached hydrogens (tertiary/aromatic N) is 1. The molecule has 33 heavy (non-hydrogen) atoms. The van der Waals surface area contributed by atoms with Crippen molar-refractivity contribution in [3.8, 4) is 0 Å². The minimum absolute atomic E-state index is 0.0341. The molecular formula is C24H21ClF3N3O2. The van der Waals surface area contributed by atoms with Crippen molar-refractivity contribution in [2.24, 2.45) is 0 Å². The molecule has 0 aromatic heterocycles. The van der Waals surface area contributed by atoms with E-state index in [0.717, 1.165) is 12.1 Å². The quantitative estimate of drug-likeness (QED) is 0.399. The van der Waals surface area contributed by atoms with Crippen molar-refractivity contribution in [3.05, 3.63) is 95.0 Å². The number of nitrogens with one attached hydrogen (secondary N) is 2. The maximum atomic E-state index is 13.0. The summed E-state index contributed by atoms with van der Waals surface area (Å²) >= 11 is 5.82. The first-order chi connectivity index (χ1) is 15.7. The van der Waals surface area contributed by atoms with Crippen molar-refractivity contribution in [3.63, 3.8) is 0 Å². The number of halogens is 4. The number of benzene rings is 3. The van der Waals surface area contributed by atoms with Crippen LogP contribution in [0.3, 0.4) is 0 Å². The highest BCUT2D eigenvalue weighted by Crippen LogP contribution is 2.30. The Morgan fingerprint density at radius 1 is 0.909 bits per heavy atom. The van der Waals surface area contributed by atoms with Crippen LogP contribution in [-0.4, -0.2) is 25.0 Å². The van der Waals surface area contributed by atoms with Gasteiger partial charge < -0.3 is 10.6 Å². The number of amides is 3. The number of para-hydroxylation sites is 1. The van der Waals surface area contributed by atoms with E-state index in [0.29, 0.717) is 29.2 Å². The minimum atomic E-state index is -4.51. The Kier molecular flexibility index (Phi) is 7.95. The maximum Gasteiger partial charge on any atom is 0.416 e. The van der Waals surface area contributed by atoms with Gasteiger partial charge in [-0.2, -0.15) is 13.2 Å². The van der Waals surface area contributed by atoms with Gasteiger partial charge in [0.25, 0.3) is 5.91 Å². The second kappa shape index (κ2) is 10.9. The van der Waals surface area contributed by atoms with Gasteiger partial charge in [0.05, 0.1) is 5.56 Å². The first-order valence-electron chi connectivity index (χ1n) is 10.1. The molecule has 0 spiro atoms. The summed E-state index contributed by atoms with van der Waals surface area (Å²) in [6.45, 7) is 0.525. The number of hydrogen-bond acceptors (Lipinski definition) is 2. The lowest BCUT2D eigenvalue weighted by Crippen LogP contribution is -2.37. The number of carbonyl (C=O) groups is 2. The van der Waals surface area contributed by atoms with Crippen LogP contribution in [0.1, 0.15) is 22.3 Å². The zero-order valence-electron chi connectivity index (χ0n) is 17.4. The Balaban J connectivity index is 1.64. The van der Waals surface area contributed by atoms with Gasteiger partial charge in [0.1, 0.15) is 0 Å². The van der Waals surface area contributed by atoms with Crippen LogP contribution in [0.25, 0.3) is 0 Å². The number of carbonyl (C=O) groups excluding carboxylic acids is 2. The summed E-state index contributed by atoms with van der Waals surface area (Å²) in [5, 5.41) is 5.82. The van der Waals surface area contributed by atoms with Crippen molar-refractivity contribution in [1.82, 2.24) is 5.32 Å². The van der Waals surface area contributed by atoms with Crippen LogP contribution in [0.5, 0.6) is 0 Å². The van der Waals surface area contributed by atoms with Gasteiger partial charge in [0, 0.05) is 35.1 Å². The van der Waals surface area contributed by atoms with Crippen molar-refractivity contribution in [1.29, 1.82) is 0 Å². The zero-order chi connectivity index (χ0) is 23.8. The Bertz CT molecular complexity index is 1090. The predicted octanol–water partition coefficient (Wildman–Crippen LogP) is 6.22.